The molecule has 0 radical (unpaired) electrons. The predicted molar refractivity (Wildman–Crippen MR) is 129 cm³/mol. The van der Waals surface area contributed by atoms with Gasteiger partial charge in [0.15, 0.2) is 5.78 Å². The lowest BCUT2D eigenvalue weighted by Crippen LogP contribution is -2.26. The number of benzene rings is 3. The summed E-state index contributed by atoms with van der Waals surface area (Å²) in [4.78, 5) is 13.6. The van der Waals surface area contributed by atoms with Gasteiger partial charge >= 0.3 is 0 Å². The molecule has 4 nitrogen and oxygen atoms in total. The number of hydrogen-bond acceptors (Lipinski definition) is 4. The van der Waals surface area contributed by atoms with Crippen molar-refractivity contribution in [3.63, 3.8) is 0 Å². The third-order valence-electron chi connectivity index (χ3n) is 6.62. The molecule has 32 heavy (non-hydrogen) atoms. The van der Waals surface area contributed by atoms with Crippen LogP contribution in [0.4, 0.5) is 11.4 Å². The Balaban J connectivity index is 1.56. The molecule has 1 aliphatic heterocycles. The van der Waals surface area contributed by atoms with E-state index in [0.29, 0.717) is 6.42 Å². The Hall–Kier alpha value is -3.53. The van der Waals surface area contributed by atoms with Crippen molar-refractivity contribution in [1.82, 2.24) is 0 Å². The van der Waals surface area contributed by atoms with Crippen LogP contribution in [0.3, 0.4) is 0 Å². The van der Waals surface area contributed by atoms with E-state index in [0.717, 1.165) is 46.8 Å². The van der Waals surface area contributed by atoms with Gasteiger partial charge in [0.1, 0.15) is 5.75 Å². The monoisotopic (exact) mass is 424 g/mol. The number of aryl methyl sites for hydroxylation is 1. The van der Waals surface area contributed by atoms with Crippen molar-refractivity contribution in [2.75, 3.05) is 17.7 Å². The van der Waals surface area contributed by atoms with E-state index in [2.05, 4.69) is 66.1 Å². The van der Waals surface area contributed by atoms with Crippen LogP contribution >= 0.6 is 0 Å². The molecular weight excluding hydrogens is 396 g/mol. The second kappa shape index (κ2) is 8.54. The number of hydrogen-bond donors (Lipinski definition) is 2. The summed E-state index contributed by atoms with van der Waals surface area (Å²) in [5, 5.41) is 7.26. The fraction of sp³-hybridized carbons (Fsp3) is 0.250. The van der Waals surface area contributed by atoms with Crippen LogP contribution in [-0.4, -0.2) is 12.9 Å². The van der Waals surface area contributed by atoms with Gasteiger partial charge in [-0.2, -0.15) is 0 Å². The standard InChI is InChI=1S/C28H28N2O2/c1-3-18-8-10-20(11-9-18)28-27-25(29-23-6-4-5-7-24(23)30-28)16-21(17-26(27)31)19-12-14-22(32-2)15-13-19/h4-15,21,28-30H,3,16-17H2,1-2H3. The van der Waals surface area contributed by atoms with E-state index in [1.54, 1.807) is 7.11 Å². The molecule has 1 aliphatic carbocycles. The first kappa shape index (κ1) is 20.4. The third-order valence-corrected chi connectivity index (χ3v) is 6.62. The Morgan fingerprint density at radius 1 is 0.875 bits per heavy atom. The van der Waals surface area contributed by atoms with E-state index in [-0.39, 0.29) is 17.7 Å². The Kier molecular flexibility index (Phi) is 5.44. The number of allylic oxidation sites excluding steroid dienone is 1. The van der Waals surface area contributed by atoms with Crippen molar-refractivity contribution in [3.05, 3.63) is 101 Å². The van der Waals surface area contributed by atoms with Gasteiger partial charge in [0.05, 0.1) is 24.5 Å². The number of Topliss-reactive ketones (excluding diaryl/α,β-unsaturated/α-hetero) is 1. The summed E-state index contributed by atoms with van der Waals surface area (Å²) in [6.07, 6.45) is 2.31. The highest BCUT2D eigenvalue weighted by atomic mass is 16.5. The first-order valence-corrected chi connectivity index (χ1v) is 11.3. The molecule has 3 aromatic rings. The molecule has 0 amide bonds. The summed E-state index contributed by atoms with van der Waals surface area (Å²) >= 11 is 0. The van der Waals surface area contributed by atoms with Crippen LogP contribution in [0.2, 0.25) is 0 Å². The number of ketones is 1. The zero-order valence-corrected chi connectivity index (χ0v) is 18.5. The van der Waals surface area contributed by atoms with E-state index in [9.17, 15) is 4.79 Å². The molecule has 5 rings (SSSR count). The maximum atomic E-state index is 13.6. The summed E-state index contributed by atoms with van der Waals surface area (Å²) < 4.78 is 5.30. The number of ether oxygens (including phenoxy) is 1. The first-order valence-electron chi connectivity index (χ1n) is 11.3. The van der Waals surface area contributed by atoms with Crippen molar-refractivity contribution in [3.8, 4) is 5.75 Å². The van der Waals surface area contributed by atoms with Crippen LogP contribution in [0.1, 0.15) is 48.4 Å². The van der Waals surface area contributed by atoms with Gasteiger partial charge in [0.2, 0.25) is 0 Å². The fourth-order valence-corrected chi connectivity index (χ4v) is 4.80. The van der Waals surface area contributed by atoms with Gasteiger partial charge in [-0.15, -0.1) is 0 Å². The van der Waals surface area contributed by atoms with Gasteiger partial charge in [-0.25, -0.2) is 0 Å². The number of carbonyl (C=O) groups excluding carboxylic acids is 1. The van der Waals surface area contributed by atoms with Gasteiger partial charge in [0.25, 0.3) is 0 Å². The van der Waals surface area contributed by atoms with Crippen molar-refractivity contribution >= 4 is 17.2 Å². The van der Waals surface area contributed by atoms with Crippen molar-refractivity contribution in [2.24, 2.45) is 0 Å². The van der Waals surface area contributed by atoms with Crippen molar-refractivity contribution in [1.29, 1.82) is 0 Å². The van der Waals surface area contributed by atoms with E-state index in [4.69, 9.17) is 4.74 Å². The minimum Gasteiger partial charge on any atom is -0.497 e. The predicted octanol–water partition coefficient (Wildman–Crippen LogP) is 6.24. The normalized spacial score (nSPS) is 19.9. The highest BCUT2D eigenvalue weighted by Gasteiger charge is 2.36. The number of nitrogens with one attached hydrogen (secondary N) is 2. The van der Waals surface area contributed by atoms with E-state index >= 15 is 0 Å². The molecule has 1 heterocycles. The zero-order valence-electron chi connectivity index (χ0n) is 18.5. The number of anilines is 2. The maximum absolute atomic E-state index is 13.6. The smallest absolute Gasteiger partial charge is 0.163 e. The lowest BCUT2D eigenvalue weighted by atomic mass is 9.78. The third kappa shape index (κ3) is 3.77. The summed E-state index contributed by atoms with van der Waals surface area (Å²) in [7, 11) is 1.67. The van der Waals surface area contributed by atoms with Gasteiger partial charge in [0, 0.05) is 17.7 Å². The quantitative estimate of drug-likeness (QED) is 0.521. The molecule has 0 spiro atoms. The molecule has 2 atom stereocenters. The van der Waals surface area contributed by atoms with E-state index in [1.807, 2.05) is 24.3 Å². The lowest BCUT2D eigenvalue weighted by Gasteiger charge is -2.30. The lowest BCUT2D eigenvalue weighted by molar-refractivity contribution is -0.116. The molecule has 0 saturated carbocycles. The molecule has 2 unspecified atom stereocenters. The average molecular weight is 425 g/mol. The zero-order chi connectivity index (χ0) is 22.1. The molecule has 0 aromatic heterocycles. The molecule has 0 fully saturated rings. The summed E-state index contributed by atoms with van der Waals surface area (Å²) in [6, 6.07) is 24.7. The molecule has 0 bridgehead atoms. The minimum absolute atomic E-state index is 0.146. The second-order valence-electron chi connectivity index (χ2n) is 8.54. The summed E-state index contributed by atoms with van der Waals surface area (Å²) in [5.41, 5.74) is 7.48. The molecular formula is C28H28N2O2. The van der Waals surface area contributed by atoms with Gasteiger partial charge in [-0.05, 0) is 59.7 Å². The fourth-order valence-electron chi connectivity index (χ4n) is 4.80. The van der Waals surface area contributed by atoms with Gasteiger partial charge < -0.3 is 15.4 Å². The molecule has 4 heteroatoms. The van der Waals surface area contributed by atoms with E-state index < -0.39 is 0 Å². The maximum Gasteiger partial charge on any atom is 0.163 e. The molecule has 2 aliphatic rings. The van der Waals surface area contributed by atoms with Crippen LogP contribution in [0.15, 0.2) is 84.1 Å². The van der Waals surface area contributed by atoms with Crippen LogP contribution in [0.25, 0.3) is 0 Å². The number of methoxy groups -OCH3 is 1. The number of para-hydroxylation sites is 2. The van der Waals surface area contributed by atoms with Gasteiger partial charge in [-0.3, -0.25) is 4.79 Å². The minimum atomic E-state index is -0.170. The van der Waals surface area contributed by atoms with Crippen LogP contribution < -0.4 is 15.4 Å². The molecule has 3 aromatic carbocycles. The van der Waals surface area contributed by atoms with Crippen molar-refractivity contribution in [2.45, 2.75) is 38.1 Å². The number of rotatable bonds is 4. The largest absolute Gasteiger partial charge is 0.497 e. The Morgan fingerprint density at radius 2 is 1.56 bits per heavy atom. The molecule has 2 N–H and O–H groups in total. The highest BCUT2D eigenvalue weighted by Crippen LogP contribution is 2.44. The molecule has 0 saturated heterocycles. The molecule has 162 valence electrons. The summed E-state index contributed by atoms with van der Waals surface area (Å²) in [6.45, 7) is 2.16. The highest BCUT2D eigenvalue weighted by molar-refractivity contribution is 6.01. The van der Waals surface area contributed by atoms with Crippen LogP contribution in [-0.2, 0) is 11.2 Å². The Bertz CT molecular complexity index is 1160. The topological polar surface area (TPSA) is 50.4 Å². The van der Waals surface area contributed by atoms with Crippen molar-refractivity contribution < 1.29 is 9.53 Å². The first-order chi connectivity index (χ1) is 15.7. The summed E-state index contributed by atoms with van der Waals surface area (Å²) in [5.74, 6) is 1.18. The van der Waals surface area contributed by atoms with E-state index in [1.165, 1.54) is 11.1 Å². The van der Waals surface area contributed by atoms with Crippen LogP contribution in [0.5, 0.6) is 5.75 Å². The van der Waals surface area contributed by atoms with Gasteiger partial charge in [-0.1, -0.05) is 55.5 Å². The number of carbonyl (C=O) groups is 1. The Labute approximate surface area is 189 Å². The average Bonchev–Trinajstić information content (AvgIpc) is 3.01. The van der Waals surface area contributed by atoms with Crippen LogP contribution in [0, 0.1) is 0 Å². The SMILES string of the molecule is CCc1ccc(C2Nc3ccccc3NC3=C2C(=O)CC(c2ccc(OC)cc2)C3)cc1. The number of fused-ring (bicyclic) bond motifs is 1. The Morgan fingerprint density at radius 3 is 2.25 bits per heavy atom. The second-order valence-corrected chi connectivity index (χ2v) is 8.54.